The molecular formula is C10H12ClF2NO. The third-order valence-corrected chi connectivity index (χ3v) is 2.41. The SMILES string of the molecule is CNCCc1c(OC)cc(F)c(Cl)c1F. The van der Waals surface area contributed by atoms with E-state index in [1.165, 1.54) is 7.11 Å². The minimum absolute atomic E-state index is 0.185. The van der Waals surface area contributed by atoms with Crippen LogP contribution >= 0.6 is 11.6 Å². The number of likely N-dealkylation sites (N-methyl/N-ethyl adjacent to an activating group) is 1. The molecule has 0 saturated carbocycles. The van der Waals surface area contributed by atoms with Crippen LogP contribution in [0.15, 0.2) is 6.07 Å². The summed E-state index contributed by atoms with van der Waals surface area (Å²) in [6.07, 6.45) is 0.394. The summed E-state index contributed by atoms with van der Waals surface area (Å²) in [6, 6.07) is 1.09. The fraction of sp³-hybridized carbons (Fsp3) is 0.400. The van der Waals surface area contributed by atoms with Crippen LogP contribution in [0.2, 0.25) is 5.02 Å². The number of halogens is 3. The largest absolute Gasteiger partial charge is 0.496 e. The van der Waals surface area contributed by atoms with Crippen molar-refractivity contribution < 1.29 is 13.5 Å². The van der Waals surface area contributed by atoms with E-state index in [-0.39, 0.29) is 5.75 Å². The Kier molecular flexibility index (Phi) is 4.29. The van der Waals surface area contributed by atoms with Crippen LogP contribution in [-0.2, 0) is 6.42 Å². The van der Waals surface area contributed by atoms with E-state index in [4.69, 9.17) is 16.3 Å². The second-order valence-electron chi connectivity index (χ2n) is 3.02. The first kappa shape index (κ1) is 12.2. The zero-order valence-electron chi connectivity index (χ0n) is 8.53. The van der Waals surface area contributed by atoms with Crippen LogP contribution in [0.4, 0.5) is 8.78 Å². The van der Waals surface area contributed by atoms with Crippen molar-refractivity contribution in [2.45, 2.75) is 6.42 Å². The molecule has 0 heterocycles. The third-order valence-electron chi connectivity index (χ3n) is 2.07. The lowest BCUT2D eigenvalue weighted by Crippen LogP contribution is -2.12. The molecule has 0 unspecified atom stereocenters. The summed E-state index contributed by atoms with van der Waals surface area (Å²) in [6.45, 7) is 0.565. The van der Waals surface area contributed by atoms with E-state index in [0.717, 1.165) is 6.07 Å². The molecule has 0 fully saturated rings. The number of nitrogens with one attached hydrogen (secondary N) is 1. The molecule has 0 atom stereocenters. The first-order valence-corrected chi connectivity index (χ1v) is 4.84. The maximum atomic E-state index is 13.6. The third kappa shape index (κ3) is 2.58. The van der Waals surface area contributed by atoms with Gasteiger partial charge in [0.25, 0.3) is 0 Å². The van der Waals surface area contributed by atoms with E-state index in [2.05, 4.69) is 5.32 Å². The fourth-order valence-electron chi connectivity index (χ4n) is 1.28. The van der Waals surface area contributed by atoms with Crippen LogP contribution in [-0.4, -0.2) is 20.7 Å². The van der Waals surface area contributed by atoms with E-state index in [1.54, 1.807) is 7.05 Å². The van der Waals surface area contributed by atoms with E-state index >= 15 is 0 Å². The van der Waals surface area contributed by atoms with Crippen LogP contribution in [0, 0.1) is 11.6 Å². The highest BCUT2D eigenvalue weighted by Crippen LogP contribution is 2.30. The van der Waals surface area contributed by atoms with E-state index in [1.807, 2.05) is 0 Å². The molecule has 0 amide bonds. The van der Waals surface area contributed by atoms with Gasteiger partial charge in [-0.05, 0) is 20.0 Å². The van der Waals surface area contributed by atoms with E-state index < -0.39 is 16.7 Å². The van der Waals surface area contributed by atoms with Crippen LogP contribution in [0.5, 0.6) is 5.75 Å². The second kappa shape index (κ2) is 5.28. The summed E-state index contributed by atoms with van der Waals surface area (Å²) in [5, 5.41) is 2.39. The smallest absolute Gasteiger partial charge is 0.151 e. The highest BCUT2D eigenvalue weighted by atomic mass is 35.5. The Balaban J connectivity index is 3.15. The predicted molar refractivity (Wildman–Crippen MR) is 55.6 cm³/mol. The van der Waals surface area contributed by atoms with Gasteiger partial charge in [-0.25, -0.2) is 8.78 Å². The minimum Gasteiger partial charge on any atom is -0.496 e. The topological polar surface area (TPSA) is 21.3 Å². The lowest BCUT2D eigenvalue weighted by molar-refractivity contribution is 0.399. The lowest BCUT2D eigenvalue weighted by atomic mass is 10.1. The number of methoxy groups -OCH3 is 1. The Morgan fingerprint density at radius 1 is 1.47 bits per heavy atom. The Labute approximate surface area is 92.2 Å². The van der Waals surface area contributed by atoms with Crippen LogP contribution in [0.3, 0.4) is 0 Å². The number of hydrogen-bond acceptors (Lipinski definition) is 2. The highest BCUT2D eigenvalue weighted by Gasteiger charge is 2.17. The monoisotopic (exact) mass is 235 g/mol. The molecule has 2 nitrogen and oxygen atoms in total. The quantitative estimate of drug-likeness (QED) is 0.810. The normalized spacial score (nSPS) is 10.5. The molecule has 1 N–H and O–H groups in total. The lowest BCUT2D eigenvalue weighted by Gasteiger charge is -2.11. The molecule has 0 bridgehead atoms. The first-order valence-electron chi connectivity index (χ1n) is 4.46. The van der Waals surface area contributed by atoms with E-state index in [9.17, 15) is 8.78 Å². The van der Waals surface area contributed by atoms with Gasteiger partial charge in [0.05, 0.1) is 7.11 Å². The molecule has 0 aliphatic carbocycles. The van der Waals surface area contributed by atoms with Gasteiger partial charge in [0.1, 0.15) is 16.6 Å². The number of rotatable bonds is 4. The predicted octanol–water partition coefficient (Wildman–Crippen LogP) is 2.39. The molecule has 1 rings (SSSR count). The van der Waals surface area contributed by atoms with Gasteiger partial charge < -0.3 is 10.1 Å². The zero-order chi connectivity index (χ0) is 11.4. The van der Waals surface area contributed by atoms with Crippen LogP contribution in [0.25, 0.3) is 0 Å². The summed E-state index contributed by atoms with van der Waals surface area (Å²) < 4.78 is 31.5. The van der Waals surface area contributed by atoms with Gasteiger partial charge in [-0.3, -0.25) is 0 Å². The van der Waals surface area contributed by atoms with Crippen molar-refractivity contribution in [3.63, 3.8) is 0 Å². The van der Waals surface area contributed by atoms with Gasteiger partial charge in [0, 0.05) is 11.6 Å². The van der Waals surface area contributed by atoms with Crippen molar-refractivity contribution in [2.24, 2.45) is 0 Å². The molecular weight excluding hydrogens is 224 g/mol. The Bertz CT molecular complexity index is 358. The summed E-state index contributed by atoms with van der Waals surface area (Å²) >= 11 is 5.46. The van der Waals surface area contributed by atoms with Gasteiger partial charge in [-0.2, -0.15) is 0 Å². The Morgan fingerprint density at radius 3 is 2.67 bits per heavy atom. The number of ether oxygens (including phenoxy) is 1. The first-order chi connectivity index (χ1) is 7.11. The Hall–Kier alpha value is -0.870. The van der Waals surface area contributed by atoms with Crippen molar-refractivity contribution in [1.82, 2.24) is 5.32 Å². The molecule has 15 heavy (non-hydrogen) atoms. The van der Waals surface area contributed by atoms with Crippen molar-refractivity contribution in [3.8, 4) is 5.75 Å². The van der Waals surface area contributed by atoms with Gasteiger partial charge in [0.2, 0.25) is 0 Å². The van der Waals surface area contributed by atoms with E-state index in [0.29, 0.717) is 18.5 Å². The van der Waals surface area contributed by atoms with Crippen molar-refractivity contribution in [2.75, 3.05) is 20.7 Å². The molecule has 0 radical (unpaired) electrons. The van der Waals surface area contributed by atoms with Crippen LogP contribution < -0.4 is 10.1 Å². The highest BCUT2D eigenvalue weighted by molar-refractivity contribution is 6.31. The Morgan fingerprint density at radius 2 is 2.13 bits per heavy atom. The van der Waals surface area contributed by atoms with Gasteiger partial charge in [0.15, 0.2) is 5.82 Å². The fourth-order valence-corrected chi connectivity index (χ4v) is 1.44. The molecule has 0 aromatic heterocycles. The maximum Gasteiger partial charge on any atom is 0.151 e. The summed E-state index contributed by atoms with van der Waals surface area (Å²) in [5.41, 5.74) is 0.290. The summed E-state index contributed by atoms with van der Waals surface area (Å²) in [4.78, 5) is 0. The van der Waals surface area contributed by atoms with Crippen molar-refractivity contribution in [1.29, 1.82) is 0 Å². The maximum absolute atomic E-state index is 13.6. The molecule has 84 valence electrons. The standard InChI is InChI=1S/C10H12ClF2NO/c1-14-4-3-6-8(15-2)5-7(12)9(11)10(6)13/h5,14H,3-4H2,1-2H3. The molecule has 0 aliphatic heterocycles. The van der Waals surface area contributed by atoms with Crippen molar-refractivity contribution >= 4 is 11.6 Å². The molecule has 0 saturated heterocycles. The van der Waals surface area contributed by atoms with Gasteiger partial charge in [-0.15, -0.1) is 0 Å². The minimum atomic E-state index is -0.806. The molecule has 1 aromatic rings. The number of hydrogen-bond donors (Lipinski definition) is 1. The average Bonchev–Trinajstić information content (AvgIpc) is 2.24. The second-order valence-corrected chi connectivity index (χ2v) is 3.40. The molecule has 0 aliphatic rings. The van der Waals surface area contributed by atoms with Crippen LogP contribution in [0.1, 0.15) is 5.56 Å². The van der Waals surface area contributed by atoms with Gasteiger partial charge in [-0.1, -0.05) is 11.6 Å². The summed E-state index contributed by atoms with van der Waals surface area (Å²) in [7, 11) is 3.11. The molecule has 1 aromatic carbocycles. The van der Waals surface area contributed by atoms with Crippen molar-refractivity contribution in [3.05, 3.63) is 28.3 Å². The zero-order valence-corrected chi connectivity index (χ0v) is 9.29. The molecule has 0 spiro atoms. The molecule has 5 heteroatoms. The summed E-state index contributed by atoms with van der Waals surface area (Å²) in [5.74, 6) is -1.37. The average molecular weight is 236 g/mol. The number of benzene rings is 1. The van der Waals surface area contributed by atoms with Gasteiger partial charge >= 0.3 is 0 Å².